The van der Waals surface area contributed by atoms with Crippen molar-refractivity contribution in [2.75, 3.05) is 43.0 Å². The first-order chi connectivity index (χ1) is 13.1. The molecule has 0 aliphatic carbocycles. The van der Waals surface area contributed by atoms with E-state index in [2.05, 4.69) is 15.2 Å². The van der Waals surface area contributed by atoms with E-state index in [0.717, 1.165) is 5.82 Å². The largest absolute Gasteiger partial charge is 0.450 e. The van der Waals surface area contributed by atoms with Crippen LogP contribution in [0.1, 0.15) is 17.3 Å². The quantitative estimate of drug-likeness (QED) is 0.870. The van der Waals surface area contributed by atoms with E-state index in [1.54, 1.807) is 42.3 Å². The third-order valence-electron chi connectivity index (χ3n) is 4.22. The van der Waals surface area contributed by atoms with Crippen LogP contribution in [0.3, 0.4) is 0 Å². The molecule has 3 rings (SSSR count). The van der Waals surface area contributed by atoms with Crippen LogP contribution in [0.5, 0.6) is 0 Å². The lowest BCUT2D eigenvalue weighted by atomic mass is 10.2. The highest BCUT2D eigenvalue weighted by Gasteiger charge is 2.22. The van der Waals surface area contributed by atoms with E-state index < -0.39 is 0 Å². The number of ether oxygens (including phenoxy) is 1. The molecule has 7 nitrogen and oxygen atoms in total. The molecule has 0 saturated carbocycles. The molecule has 1 aliphatic rings. The van der Waals surface area contributed by atoms with Crippen LogP contribution >= 0.6 is 11.6 Å². The molecule has 0 spiro atoms. The summed E-state index contributed by atoms with van der Waals surface area (Å²) in [6, 6.07) is 10.4. The van der Waals surface area contributed by atoms with Gasteiger partial charge >= 0.3 is 6.09 Å². The number of aromatic nitrogens is 1. The second kappa shape index (κ2) is 8.73. The van der Waals surface area contributed by atoms with E-state index in [1.165, 1.54) is 0 Å². The third-order valence-corrected chi connectivity index (χ3v) is 4.46. The molecule has 1 N–H and O–H groups in total. The van der Waals surface area contributed by atoms with Crippen molar-refractivity contribution in [2.24, 2.45) is 0 Å². The zero-order valence-corrected chi connectivity index (χ0v) is 15.8. The summed E-state index contributed by atoms with van der Waals surface area (Å²) >= 11 is 5.92. The Balaban J connectivity index is 1.56. The van der Waals surface area contributed by atoms with Gasteiger partial charge in [-0.2, -0.15) is 0 Å². The van der Waals surface area contributed by atoms with Gasteiger partial charge in [0, 0.05) is 36.8 Å². The molecule has 2 amide bonds. The highest BCUT2D eigenvalue weighted by atomic mass is 35.5. The molecule has 0 radical (unpaired) electrons. The number of halogens is 1. The second-order valence-electron chi connectivity index (χ2n) is 6.04. The Labute approximate surface area is 162 Å². The molecule has 2 aromatic rings. The van der Waals surface area contributed by atoms with E-state index in [4.69, 9.17) is 16.3 Å². The molecule has 0 atom stereocenters. The molecule has 0 bridgehead atoms. The zero-order chi connectivity index (χ0) is 19.2. The summed E-state index contributed by atoms with van der Waals surface area (Å²) < 4.78 is 5.02. The van der Waals surface area contributed by atoms with Gasteiger partial charge in [0.2, 0.25) is 0 Å². The van der Waals surface area contributed by atoms with E-state index >= 15 is 0 Å². The SMILES string of the molecule is CCOC(=O)N1CCN(c2ccc(NC(=O)c3cccc(Cl)c3)cn2)CC1. The van der Waals surface area contributed by atoms with E-state index in [1.807, 2.05) is 12.1 Å². The van der Waals surface area contributed by atoms with Crippen LogP contribution in [0, 0.1) is 0 Å². The minimum Gasteiger partial charge on any atom is -0.450 e. The Morgan fingerprint density at radius 1 is 1.19 bits per heavy atom. The average molecular weight is 389 g/mol. The number of nitrogens with zero attached hydrogens (tertiary/aromatic N) is 3. The van der Waals surface area contributed by atoms with Gasteiger partial charge in [-0.25, -0.2) is 9.78 Å². The molecular formula is C19H21ClN4O3. The Bertz CT molecular complexity index is 805. The van der Waals surface area contributed by atoms with Crippen LogP contribution in [-0.4, -0.2) is 54.7 Å². The third kappa shape index (κ3) is 4.89. The minimum absolute atomic E-state index is 0.241. The fraction of sp³-hybridized carbons (Fsp3) is 0.316. The zero-order valence-electron chi connectivity index (χ0n) is 15.0. The number of rotatable bonds is 4. The standard InChI is InChI=1S/C19H21ClN4O3/c1-2-27-19(26)24-10-8-23(9-11-24)17-7-6-16(13-21-17)22-18(25)14-4-3-5-15(20)12-14/h3-7,12-13H,2,8-11H2,1H3,(H,22,25). The predicted octanol–water partition coefficient (Wildman–Crippen LogP) is 3.27. The number of carbonyl (C=O) groups excluding carboxylic acids is 2. The summed E-state index contributed by atoms with van der Waals surface area (Å²) in [6.45, 7) is 4.72. The number of nitrogens with one attached hydrogen (secondary N) is 1. The van der Waals surface area contributed by atoms with Gasteiger partial charge in [0.25, 0.3) is 5.91 Å². The monoisotopic (exact) mass is 388 g/mol. The van der Waals surface area contributed by atoms with Gasteiger partial charge < -0.3 is 19.9 Å². The minimum atomic E-state index is -0.274. The van der Waals surface area contributed by atoms with Gasteiger partial charge in [-0.05, 0) is 37.3 Å². The van der Waals surface area contributed by atoms with E-state index in [9.17, 15) is 9.59 Å². The van der Waals surface area contributed by atoms with E-state index in [0.29, 0.717) is 49.1 Å². The molecule has 1 aromatic heterocycles. The number of amides is 2. The number of hydrogen-bond acceptors (Lipinski definition) is 5. The van der Waals surface area contributed by atoms with Crippen LogP contribution in [0.4, 0.5) is 16.3 Å². The fourth-order valence-electron chi connectivity index (χ4n) is 2.81. The van der Waals surface area contributed by atoms with Crippen molar-refractivity contribution < 1.29 is 14.3 Å². The Morgan fingerprint density at radius 3 is 2.59 bits per heavy atom. The first kappa shape index (κ1) is 19.0. The molecular weight excluding hydrogens is 368 g/mol. The Morgan fingerprint density at radius 2 is 1.96 bits per heavy atom. The van der Waals surface area contributed by atoms with Gasteiger partial charge in [0.15, 0.2) is 0 Å². The molecule has 2 heterocycles. The van der Waals surface area contributed by atoms with Crippen molar-refractivity contribution in [1.29, 1.82) is 0 Å². The van der Waals surface area contributed by atoms with Crippen molar-refractivity contribution in [3.63, 3.8) is 0 Å². The number of carbonyl (C=O) groups is 2. The highest BCUT2D eigenvalue weighted by molar-refractivity contribution is 6.31. The van der Waals surface area contributed by atoms with Crippen LogP contribution in [0.25, 0.3) is 0 Å². The molecule has 1 fully saturated rings. The Kier molecular flexibility index (Phi) is 6.13. The average Bonchev–Trinajstić information content (AvgIpc) is 2.69. The molecule has 8 heteroatoms. The lowest BCUT2D eigenvalue weighted by Gasteiger charge is -2.34. The molecule has 0 unspecified atom stereocenters. The van der Waals surface area contributed by atoms with Gasteiger partial charge in [0.1, 0.15) is 5.82 Å². The maximum Gasteiger partial charge on any atom is 0.409 e. The number of benzene rings is 1. The number of piperazine rings is 1. The molecule has 1 aromatic carbocycles. The van der Waals surface area contributed by atoms with Gasteiger partial charge in [0.05, 0.1) is 18.5 Å². The smallest absolute Gasteiger partial charge is 0.409 e. The van der Waals surface area contributed by atoms with Crippen molar-refractivity contribution in [3.8, 4) is 0 Å². The maximum absolute atomic E-state index is 12.2. The van der Waals surface area contributed by atoms with Crippen molar-refractivity contribution in [3.05, 3.63) is 53.2 Å². The second-order valence-corrected chi connectivity index (χ2v) is 6.48. The van der Waals surface area contributed by atoms with Crippen LogP contribution in [-0.2, 0) is 4.74 Å². The summed E-state index contributed by atoms with van der Waals surface area (Å²) in [6.07, 6.45) is 1.35. The normalized spacial score (nSPS) is 14.0. The van der Waals surface area contributed by atoms with Crippen LogP contribution in [0.15, 0.2) is 42.6 Å². The van der Waals surface area contributed by atoms with Gasteiger partial charge in [-0.1, -0.05) is 17.7 Å². The van der Waals surface area contributed by atoms with Crippen LogP contribution < -0.4 is 10.2 Å². The summed E-state index contributed by atoms with van der Waals surface area (Å²) in [4.78, 5) is 32.2. The lowest BCUT2D eigenvalue weighted by molar-refractivity contribution is 0.102. The van der Waals surface area contributed by atoms with Crippen LogP contribution in [0.2, 0.25) is 5.02 Å². The summed E-state index contributed by atoms with van der Waals surface area (Å²) in [7, 11) is 0. The predicted molar refractivity (Wildman–Crippen MR) is 104 cm³/mol. The topological polar surface area (TPSA) is 74.8 Å². The first-order valence-electron chi connectivity index (χ1n) is 8.76. The molecule has 1 saturated heterocycles. The fourth-order valence-corrected chi connectivity index (χ4v) is 3.00. The maximum atomic E-state index is 12.2. The Hall–Kier alpha value is -2.80. The van der Waals surface area contributed by atoms with Crippen molar-refractivity contribution >= 4 is 35.1 Å². The van der Waals surface area contributed by atoms with Gasteiger partial charge in [-0.3, -0.25) is 4.79 Å². The first-order valence-corrected chi connectivity index (χ1v) is 9.14. The molecule has 27 heavy (non-hydrogen) atoms. The summed E-state index contributed by atoms with van der Waals surface area (Å²) in [5.41, 5.74) is 1.09. The summed E-state index contributed by atoms with van der Waals surface area (Å²) in [5.74, 6) is 0.564. The lowest BCUT2D eigenvalue weighted by Crippen LogP contribution is -2.49. The van der Waals surface area contributed by atoms with Crippen molar-refractivity contribution in [1.82, 2.24) is 9.88 Å². The number of hydrogen-bond donors (Lipinski definition) is 1. The van der Waals surface area contributed by atoms with Gasteiger partial charge in [-0.15, -0.1) is 0 Å². The number of anilines is 2. The summed E-state index contributed by atoms with van der Waals surface area (Å²) in [5, 5.41) is 3.32. The molecule has 142 valence electrons. The highest BCUT2D eigenvalue weighted by Crippen LogP contribution is 2.18. The van der Waals surface area contributed by atoms with Crippen molar-refractivity contribution in [2.45, 2.75) is 6.92 Å². The van der Waals surface area contributed by atoms with E-state index in [-0.39, 0.29) is 12.0 Å². The molecule has 1 aliphatic heterocycles. The number of pyridine rings is 1.